The van der Waals surface area contributed by atoms with Crippen molar-refractivity contribution in [1.29, 1.82) is 0 Å². The smallest absolute Gasteiger partial charge is 0.240 e. The number of morpholine rings is 1. The van der Waals surface area contributed by atoms with Gasteiger partial charge in [-0.25, -0.2) is 21.9 Å². The third kappa shape index (κ3) is 4.69. The van der Waals surface area contributed by atoms with Crippen molar-refractivity contribution in [2.24, 2.45) is 5.92 Å². The predicted molar refractivity (Wildman–Crippen MR) is 82.6 cm³/mol. The van der Waals surface area contributed by atoms with Crippen molar-refractivity contribution in [2.75, 3.05) is 32.8 Å². The molecule has 0 bridgehead atoms. The Kier molecular flexibility index (Phi) is 6.07. The molecular weight excluding hydrogens is 326 g/mol. The minimum Gasteiger partial charge on any atom is -0.379 e. The second-order valence-corrected chi connectivity index (χ2v) is 7.65. The summed E-state index contributed by atoms with van der Waals surface area (Å²) in [7, 11) is -3.88. The molecule has 0 spiro atoms. The van der Waals surface area contributed by atoms with Crippen molar-refractivity contribution < 1.29 is 21.9 Å². The van der Waals surface area contributed by atoms with E-state index in [1.807, 2.05) is 13.8 Å². The van der Waals surface area contributed by atoms with Crippen LogP contribution in [0.5, 0.6) is 0 Å². The Balaban J connectivity index is 2.07. The number of nitrogens with zero attached hydrogens (tertiary/aromatic N) is 1. The van der Waals surface area contributed by atoms with Crippen LogP contribution in [0.3, 0.4) is 0 Å². The number of sulfonamides is 1. The Morgan fingerprint density at radius 2 is 1.87 bits per heavy atom. The van der Waals surface area contributed by atoms with Crippen molar-refractivity contribution in [3.05, 3.63) is 29.8 Å². The maximum Gasteiger partial charge on any atom is 0.240 e. The summed E-state index contributed by atoms with van der Waals surface area (Å²) in [5.74, 6) is -2.01. The highest BCUT2D eigenvalue weighted by Gasteiger charge is 2.26. The predicted octanol–water partition coefficient (Wildman–Crippen LogP) is 1.60. The third-order valence-electron chi connectivity index (χ3n) is 3.97. The highest BCUT2D eigenvalue weighted by molar-refractivity contribution is 7.89. The minimum atomic E-state index is -3.88. The number of halogens is 2. The molecule has 1 heterocycles. The lowest BCUT2D eigenvalue weighted by Crippen LogP contribution is -2.51. The summed E-state index contributed by atoms with van der Waals surface area (Å²) in [5.41, 5.74) is 0. The molecule has 0 unspecified atom stereocenters. The second-order valence-electron chi connectivity index (χ2n) is 5.89. The van der Waals surface area contributed by atoms with E-state index >= 15 is 0 Å². The van der Waals surface area contributed by atoms with E-state index < -0.39 is 21.7 Å². The van der Waals surface area contributed by atoms with Crippen LogP contribution in [0.15, 0.2) is 23.1 Å². The van der Waals surface area contributed by atoms with Crippen molar-refractivity contribution >= 4 is 10.0 Å². The summed E-state index contributed by atoms with van der Waals surface area (Å²) < 4.78 is 58.5. The van der Waals surface area contributed by atoms with Gasteiger partial charge < -0.3 is 4.74 Å². The lowest BCUT2D eigenvalue weighted by molar-refractivity contribution is 0.00776. The molecule has 1 N–H and O–H groups in total. The number of hydrogen-bond donors (Lipinski definition) is 1. The Morgan fingerprint density at radius 3 is 2.43 bits per heavy atom. The van der Waals surface area contributed by atoms with E-state index in [2.05, 4.69) is 9.62 Å². The Hall–Kier alpha value is -1.09. The summed E-state index contributed by atoms with van der Waals surface area (Å²) in [5, 5.41) is 0. The van der Waals surface area contributed by atoms with Gasteiger partial charge in [-0.05, 0) is 24.1 Å². The molecule has 8 heteroatoms. The van der Waals surface area contributed by atoms with Crippen molar-refractivity contribution in [1.82, 2.24) is 9.62 Å². The molecule has 0 amide bonds. The molecule has 0 aliphatic carbocycles. The summed E-state index contributed by atoms with van der Waals surface area (Å²) >= 11 is 0. The van der Waals surface area contributed by atoms with Gasteiger partial charge in [0.15, 0.2) is 11.6 Å². The fourth-order valence-electron chi connectivity index (χ4n) is 2.62. The van der Waals surface area contributed by atoms with E-state index in [0.717, 1.165) is 25.2 Å². The van der Waals surface area contributed by atoms with E-state index in [0.29, 0.717) is 19.3 Å². The molecule has 0 radical (unpaired) electrons. The molecule has 1 saturated heterocycles. The van der Waals surface area contributed by atoms with Crippen LogP contribution < -0.4 is 4.72 Å². The Labute approximate surface area is 135 Å². The van der Waals surface area contributed by atoms with Crippen LogP contribution in [-0.4, -0.2) is 52.2 Å². The molecule has 1 aliphatic rings. The summed E-state index contributed by atoms with van der Waals surface area (Å²) in [6, 6.07) is 2.57. The topological polar surface area (TPSA) is 58.6 Å². The second kappa shape index (κ2) is 7.65. The van der Waals surface area contributed by atoms with E-state index in [9.17, 15) is 17.2 Å². The standard InChI is InChI=1S/C15H22F2N2O3S/c1-11(2)15(19-5-7-22-8-6-19)10-18-23(20,21)12-3-4-13(16)14(17)9-12/h3-4,9,11,15,18H,5-8,10H2,1-2H3/t15-/m0/s1. The van der Waals surface area contributed by atoms with Gasteiger partial charge in [0.2, 0.25) is 10.0 Å². The van der Waals surface area contributed by atoms with Gasteiger partial charge in [0, 0.05) is 25.7 Å². The number of ether oxygens (including phenoxy) is 1. The van der Waals surface area contributed by atoms with Gasteiger partial charge in [0.05, 0.1) is 18.1 Å². The van der Waals surface area contributed by atoms with Crippen LogP contribution in [0, 0.1) is 17.6 Å². The molecule has 2 rings (SSSR count). The first kappa shape index (κ1) is 18.3. The molecular formula is C15H22F2N2O3S. The zero-order valence-electron chi connectivity index (χ0n) is 13.3. The Bertz CT molecular complexity index is 632. The van der Waals surface area contributed by atoms with Crippen molar-refractivity contribution in [2.45, 2.75) is 24.8 Å². The number of hydrogen-bond acceptors (Lipinski definition) is 4. The quantitative estimate of drug-likeness (QED) is 0.848. The fraction of sp³-hybridized carbons (Fsp3) is 0.600. The molecule has 1 aliphatic heterocycles. The van der Waals surface area contributed by atoms with Gasteiger partial charge >= 0.3 is 0 Å². The molecule has 130 valence electrons. The first-order valence-electron chi connectivity index (χ1n) is 7.58. The zero-order valence-corrected chi connectivity index (χ0v) is 14.1. The summed E-state index contributed by atoms with van der Waals surface area (Å²) in [6.45, 7) is 6.99. The third-order valence-corrected chi connectivity index (χ3v) is 5.39. The van der Waals surface area contributed by atoms with Gasteiger partial charge in [-0.2, -0.15) is 0 Å². The van der Waals surface area contributed by atoms with Crippen LogP contribution in [0.2, 0.25) is 0 Å². The van der Waals surface area contributed by atoms with E-state index in [4.69, 9.17) is 4.74 Å². The number of nitrogens with one attached hydrogen (secondary N) is 1. The molecule has 5 nitrogen and oxygen atoms in total. The molecule has 23 heavy (non-hydrogen) atoms. The maximum atomic E-state index is 13.2. The van der Waals surface area contributed by atoms with Gasteiger partial charge in [0.1, 0.15) is 0 Å². The Morgan fingerprint density at radius 1 is 1.22 bits per heavy atom. The fourth-order valence-corrected chi connectivity index (χ4v) is 3.68. The van der Waals surface area contributed by atoms with E-state index in [1.165, 1.54) is 0 Å². The van der Waals surface area contributed by atoms with Crippen LogP contribution in [0.1, 0.15) is 13.8 Å². The lowest BCUT2D eigenvalue weighted by atomic mass is 10.0. The first-order valence-corrected chi connectivity index (χ1v) is 9.06. The summed E-state index contributed by atoms with van der Waals surface area (Å²) in [4.78, 5) is 1.91. The molecule has 0 saturated carbocycles. The number of benzene rings is 1. The normalized spacial score (nSPS) is 18.3. The minimum absolute atomic E-state index is 0.0129. The average molecular weight is 348 g/mol. The largest absolute Gasteiger partial charge is 0.379 e. The SMILES string of the molecule is CC(C)[C@H](CNS(=O)(=O)c1ccc(F)c(F)c1)N1CCOCC1. The molecule has 1 aromatic rings. The summed E-state index contributed by atoms with van der Waals surface area (Å²) in [6.07, 6.45) is 0. The molecule has 1 fully saturated rings. The average Bonchev–Trinajstić information content (AvgIpc) is 2.50. The number of rotatable bonds is 6. The highest BCUT2D eigenvalue weighted by Crippen LogP contribution is 2.16. The van der Waals surface area contributed by atoms with Gasteiger partial charge in [0.25, 0.3) is 0 Å². The van der Waals surface area contributed by atoms with Crippen LogP contribution in [0.4, 0.5) is 8.78 Å². The molecule has 1 atom stereocenters. The van der Waals surface area contributed by atoms with Crippen LogP contribution >= 0.6 is 0 Å². The van der Waals surface area contributed by atoms with Crippen LogP contribution in [0.25, 0.3) is 0 Å². The van der Waals surface area contributed by atoms with Gasteiger partial charge in [-0.3, -0.25) is 4.90 Å². The van der Waals surface area contributed by atoms with Crippen molar-refractivity contribution in [3.63, 3.8) is 0 Å². The van der Waals surface area contributed by atoms with Crippen molar-refractivity contribution in [3.8, 4) is 0 Å². The monoisotopic (exact) mass is 348 g/mol. The maximum absolute atomic E-state index is 13.2. The molecule has 0 aromatic heterocycles. The highest BCUT2D eigenvalue weighted by atomic mass is 32.2. The van der Waals surface area contributed by atoms with E-state index in [1.54, 1.807) is 0 Å². The zero-order chi connectivity index (χ0) is 17.0. The van der Waals surface area contributed by atoms with Gasteiger partial charge in [-0.15, -0.1) is 0 Å². The first-order chi connectivity index (χ1) is 10.8. The lowest BCUT2D eigenvalue weighted by Gasteiger charge is -2.36. The van der Waals surface area contributed by atoms with Gasteiger partial charge in [-0.1, -0.05) is 13.8 Å². The van der Waals surface area contributed by atoms with Crippen LogP contribution in [-0.2, 0) is 14.8 Å². The van der Waals surface area contributed by atoms with E-state index in [-0.39, 0.29) is 23.4 Å². The molecule has 1 aromatic carbocycles.